The lowest BCUT2D eigenvalue weighted by atomic mass is 10.1. The van der Waals surface area contributed by atoms with Crippen molar-refractivity contribution in [2.75, 3.05) is 17.4 Å². The van der Waals surface area contributed by atoms with Gasteiger partial charge in [-0.3, -0.25) is 13.9 Å². The van der Waals surface area contributed by atoms with E-state index in [1.165, 1.54) is 35.2 Å². The average molecular weight is 583 g/mol. The predicted molar refractivity (Wildman–Crippen MR) is 148 cm³/mol. The van der Waals surface area contributed by atoms with Gasteiger partial charge < -0.3 is 10.2 Å². The number of nitrogens with zero attached hydrogens (tertiary/aromatic N) is 2. The number of nitrogens with one attached hydrogen (secondary N) is 1. The first kappa shape index (κ1) is 28.8. The lowest BCUT2D eigenvalue weighted by molar-refractivity contribution is -0.139. The van der Waals surface area contributed by atoms with Crippen LogP contribution in [0.15, 0.2) is 77.7 Å². The molecule has 0 saturated carbocycles. The van der Waals surface area contributed by atoms with Crippen LogP contribution in [-0.4, -0.2) is 44.3 Å². The Morgan fingerprint density at radius 2 is 1.57 bits per heavy atom. The van der Waals surface area contributed by atoms with Crippen LogP contribution in [-0.2, 0) is 26.2 Å². The maximum atomic E-state index is 13.8. The third-order valence-corrected chi connectivity index (χ3v) is 8.29. The van der Waals surface area contributed by atoms with Gasteiger partial charge in [-0.05, 0) is 55.8 Å². The summed E-state index contributed by atoms with van der Waals surface area (Å²) in [6.07, 6.45) is 0. The zero-order valence-electron chi connectivity index (χ0n) is 20.2. The number of para-hydroxylation sites is 1. The molecule has 0 spiro atoms. The van der Waals surface area contributed by atoms with E-state index in [-0.39, 0.29) is 22.2 Å². The molecular weight excluding hydrogens is 557 g/mol. The molecule has 3 rings (SSSR count). The number of hydrogen-bond donors (Lipinski definition) is 1. The van der Waals surface area contributed by atoms with Crippen molar-refractivity contribution < 1.29 is 18.0 Å². The summed E-state index contributed by atoms with van der Waals surface area (Å²) in [5.41, 5.74) is 0.683. The van der Waals surface area contributed by atoms with Gasteiger partial charge in [0.1, 0.15) is 12.6 Å². The molecule has 3 aromatic carbocycles. The summed E-state index contributed by atoms with van der Waals surface area (Å²) in [7, 11) is -4.19. The number of sulfonamides is 1. The van der Waals surface area contributed by atoms with Crippen LogP contribution < -0.4 is 9.62 Å². The molecule has 1 N–H and O–H groups in total. The first-order valence-corrected chi connectivity index (χ1v) is 14.0. The van der Waals surface area contributed by atoms with E-state index in [9.17, 15) is 18.0 Å². The van der Waals surface area contributed by atoms with Gasteiger partial charge in [0.25, 0.3) is 10.0 Å². The third kappa shape index (κ3) is 6.96. The minimum atomic E-state index is -4.19. The van der Waals surface area contributed by atoms with Crippen LogP contribution in [0, 0.1) is 0 Å². The maximum absolute atomic E-state index is 13.8. The second-order valence-electron chi connectivity index (χ2n) is 8.10. The van der Waals surface area contributed by atoms with Crippen molar-refractivity contribution in [3.8, 4) is 0 Å². The minimum Gasteiger partial charge on any atom is -0.355 e. The van der Waals surface area contributed by atoms with Crippen molar-refractivity contribution in [3.63, 3.8) is 0 Å². The van der Waals surface area contributed by atoms with Gasteiger partial charge in [0.05, 0.1) is 15.6 Å². The molecule has 0 aromatic heterocycles. The van der Waals surface area contributed by atoms with Crippen LogP contribution in [0.4, 0.5) is 5.69 Å². The molecule has 0 bridgehead atoms. The standard InChI is InChI=1S/C26H26Cl3N3O4S/c1-3-30-26(34)18(2)31(16-19-13-14-20(27)15-23(19)29)25(33)17-32(24-12-8-7-11-22(24)28)37(35,36)21-9-5-4-6-10-21/h4-15,18H,3,16-17H2,1-2H3,(H,30,34). The summed E-state index contributed by atoms with van der Waals surface area (Å²) < 4.78 is 28.3. The predicted octanol–water partition coefficient (Wildman–Crippen LogP) is 5.40. The van der Waals surface area contributed by atoms with Gasteiger partial charge in [-0.2, -0.15) is 0 Å². The van der Waals surface area contributed by atoms with Gasteiger partial charge in [0.2, 0.25) is 11.8 Å². The number of benzene rings is 3. The van der Waals surface area contributed by atoms with E-state index in [0.717, 1.165) is 4.31 Å². The van der Waals surface area contributed by atoms with Crippen LogP contribution in [0.5, 0.6) is 0 Å². The monoisotopic (exact) mass is 581 g/mol. The van der Waals surface area contributed by atoms with Crippen LogP contribution in [0.1, 0.15) is 19.4 Å². The molecule has 7 nitrogen and oxygen atoms in total. The third-order valence-electron chi connectivity index (χ3n) is 5.61. The van der Waals surface area contributed by atoms with Crippen molar-refractivity contribution in [3.05, 3.63) is 93.4 Å². The molecule has 0 radical (unpaired) electrons. The first-order valence-electron chi connectivity index (χ1n) is 11.4. The van der Waals surface area contributed by atoms with E-state index < -0.39 is 34.4 Å². The highest BCUT2D eigenvalue weighted by atomic mass is 35.5. The Balaban J connectivity index is 2.05. The molecular formula is C26H26Cl3N3O4S. The van der Waals surface area contributed by atoms with Crippen molar-refractivity contribution in [2.24, 2.45) is 0 Å². The number of rotatable bonds is 10. The Morgan fingerprint density at radius 1 is 0.919 bits per heavy atom. The fourth-order valence-corrected chi connectivity index (χ4v) is 5.84. The van der Waals surface area contributed by atoms with E-state index in [1.54, 1.807) is 56.3 Å². The van der Waals surface area contributed by atoms with Crippen molar-refractivity contribution >= 4 is 62.3 Å². The lowest BCUT2D eigenvalue weighted by Crippen LogP contribution is -2.51. The van der Waals surface area contributed by atoms with Crippen molar-refractivity contribution in [2.45, 2.75) is 31.3 Å². The summed E-state index contributed by atoms with van der Waals surface area (Å²) >= 11 is 18.7. The van der Waals surface area contributed by atoms with Crippen LogP contribution in [0.3, 0.4) is 0 Å². The zero-order chi connectivity index (χ0) is 27.2. The van der Waals surface area contributed by atoms with E-state index in [1.807, 2.05) is 0 Å². The molecule has 0 aliphatic carbocycles. The maximum Gasteiger partial charge on any atom is 0.264 e. The molecule has 1 atom stereocenters. The van der Waals surface area contributed by atoms with Crippen LogP contribution in [0.25, 0.3) is 0 Å². The quantitative estimate of drug-likeness (QED) is 0.347. The number of carbonyl (C=O) groups is 2. The smallest absolute Gasteiger partial charge is 0.264 e. The molecule has 196 valence electrons. The van der Waals surface area contributed by atoms with Gasteiger partial charge in [-0.25, -0.2) is 8.42 Å². The molecule has 0 saturated heterocycles. The van der Waals surface area contributed by atoms with Gasteiger partial charge in [-0.15, -0.1) is 0 Å². The Kier molecular flexibility index (Phi) is 9.84. The Hall–Kier alpha value is -2.78. The zero-order valence-corrected chi connectivity index (χ0v) is 23.3. The molecule has 0 aliphatic rings. The highest BCUT2D eigenvalue weighted by Gasteiger charge is 2.33. The Labute approximate surface area is 232 Å². The molecule has 2 amide bonds. The molecule has 11 heteroatoms. The normalized spacial score (nSPS) is 12.0. The van der Waals surface area contributed by atoms with Gasteiger partial charge in [-0.1, -0.05) is 71.2 Å². The number of amides is 2. The van der Waals surface area contributed by atoms with Gasteiger partial charge >= 0.3 is 0 Å². The average Bonchev–Trinajstić information content (AvgIpc) is 2.87. The number of likely N-dealkylation sites (N-methyl/N-ethyl adjacent to an activating group) is 1. The Bertz CT molecular complexity index is 1370. The van der Waals surface area contributed by atoms with Crippen molar-refractivity contribution in [1.29, 1.82) is 0 Å². The summed E-state index contributed by atoms with van der Waals surface area (Å²) in [4.78, 5) is 27.8. The highest BCUT2D eigenvalue weighted by Crippen LogP contribution is 2.31. The summed E-state index contributed by atoms with van der Waals surface area (Å²) in [5.74, 6) is -1.01. The molecule has 1 unspecified atom stereocenters. The minimum absolute atomic E-state index is 0.00760. The topological polar surface area (TPSA) is 86.8 Å². The van der Waals surface area contributed by atoms with E-state index >= 15 is 0 Å². The second kappa shape index (κ2) is 12.6. The highest BCUT2D eigenvalue weighted by molar-refractivity contribution is 7.92. The fourth-order valence-electron chi connectivity index (χ4n) is 3.62. The molecule has 37 heavy (non-hydrogen) atoms. The summed E-state index contributed by atoms with van der Waals surface area (Å²) in [5, 5.41) is 3.58. The molecule has 0 fully saturated rings. The van der Waals surface area contributed by atoms with Crippen LogP contribution >= 0.6 is 34.8 Å². The number of hydrogen-bond acceptors (Lipinski definition) is 4. The van der Waals surface area contributed by atoms with Crippen molar-refractivity contribution in [1.82, 2.24) is 10.2 Å². The van der Waals surface area contributed by atoms with E-state index in [4.69, 9.17) is 34.8 Å². The molecule has 0 heterocycles. The van der Waals surface area contributed by atoms with E-state index in [0.29, 0.717) is 22.2 Å². The van der Waals surface area contributed by atoms with Gasteiger partial charge in [0, 0.05) is 23.1 Å². The van der Waals surface area contributed by atoms with Gasteiger partial charge in [0.15, 0.2) is 0 Å². The molecule has 0 aliphatic heterocycles. The first-order chi connectivity index (χ1) is 17.6. The lowest BCUT2D eigenvalue weighted by Gasteiger charge is -2.32. The summed E-state index contributed by atoms with van der Waals surface area (Å²) in [6, 6.07) is 18.0. The van der Waals surface area contributed by atoms with Crippen LogP contribution in [0.2, 0.25) is 15.1 Å². The Morgan fingerprint density at radius 3 is 2.19 bits per heavy atom. The number of carbonyl (C=O) groups excluding carboxylic acids is 2. The fraction of sp³-hybridized carbons (Fsp3) is 0.231. The van der Waals surface area contributed by atoms with E-state index in [2.05, 4.69) is 5.32 Å². The molecule has 3 aromatic rings. The number of anilines is 1. The second-order valence-corrected chi connectivity index (χ2v) is 11.2. The largest absolute Gasteiger partial charge is 0.355 e. The summed E-state index contributed by atoms with van der Waals surface area (Å²) in [6.45, 7) is 3.04. The SMILES string of the molecule is CCNC(=O)C(C)N(Cc1ccc(Cl)cc1Cl)C(=O)CN(c1ccccc1Cl)S(=O)(=O)c1ccccc1. The number of halogens is 3.